The second-order valence-corrected chi connectivity index (χ2v) is 28.0. The Morgan fingerprint density at radius 1 is 0.333 bits per heavy atom. The fourth-order valence-electron chi connectivity index (χ4n) is 11.6. The van der Waals surface area contributed by atoms with E-state index in [0.717, 1.165) is 83.5 Å². The number of rotatable bonds is 74. The highest BCUT2D eigenvalue weighted by molar-refractivity contribution is 5.71. The van der Waals surface area contributed by atoms with E-state index in [0.29, 0.717) is 23.9 Å². The van der Waals surface area contributed by atoms with E-state index >= 15 is 0 Å². The number of unbranched alkanes of at least 4 members (excludes halogenated alkanes) is 45. The van der Waals surface area contributed by atoms with Crippen molar-refractivity contribution in [2.45, 2.75) is 386 Å². The van der Waals surface area contributed by atoms with Crippen LogP contribution in [0.5, 0.6) is 0 Å². The number of quaternary nitrogens is 1. The number of carbonyl (C=O) groups is 3. The topological polar surface area (TPSA) is 108 Å². The SMILES string of the molecule is CC/C=C\C/C=C\C/C=C\C/C=C\C/C=C\C/C=C\CCCCCCCCCCCCC(=O)OC(COC(=O)CCCCCCCCCCCCCCCCCCCCCCCCCCCCC/C=C\CCCCCCCCCC)COC(OCC[N+](C)(C)C)C(=O)O. The van der Waals surface area contributed by atoms with Gasteiger partial charge < -0.3 is 28.5 Å². The van der Waals surface area contributed by atoms with Crippen molar-refractivity contribution in [1.29, 1.82) is 0 Å². The molecule has 0 rings (SSSR count). The summed E-state index contributed by atoms with van der Waals surface area (Å²) in [5.41, 5.74) is 0. The lowest BCUT2D eigenvalue weighted by molar-refractivity contribution is -0.870. The average molecular weight is 1300 g/mol. The van der Waals surface area contributed by atoms with Gasteiger partial charge in [0.2, 0.25) is 0 Å². The molecule has 0 bridgehead atoms. The number of carboxylic acid groups (broad SMARTS) is 1. The Hall–Kier alpha value is -3.53. The number of ether oxygens (including phenoxy) is 4. The first-order valence-electron chi connectivity index (χ1n) is 39.8. The van der Waals surface area contributed by atoms with Crippen molar-refractivity contribution >= 4 is 17.9 Å². The van der Waals surface area contributed by atoms with Crippen LogP contribution >= 0.6 is 0 Å². The van der Waals surface area contributed by atoms with Crippen molar-refractivity contribution in [3.05, 3.63) is 85.1 Å². The van der Waals surface area contributed by atoms with Crippen LogP contribution in [0.2, 0.25) is 0 Å². The summed E-state index contributed by atoms with van der Waals surface area (Å²) in [7, 11) is 5.99. The molecule has 540 valence electrons. The summed E-state index contributed by atoms with van der Waals surface area (Å²) in [6.07, 6.45) is 98.9. The lowest BCUT2D eigenvalue weighted by Gasteiger charge is -2.25. The Morgan fingerprint density at radius 2 is 0.613 bits per heavy atom. The summed E-state index contributed by atoms with van der Waals surface area (Å²) >= 11 is 0. The molecule has 0 aliphatic rings. The molecule has 0 aromatic carbocycles. The van der Waals surface area contributed by atoms with E-state index < -0.39 is 24.3 Å². The highest BCUT2D eigenvalue weighted by Crippen LogP contribution is 2.19. The van der Waals surface area contributed by atoms with Crippen LogP contribution in [0.15, 0.2) is 85.1 Å². The van der Waals surface area contributed by atoms with Gasteiger partial charge in [-0.25, -0.2) is 4.79 Å². The molecule has 2 unspecified atom stereocenters. The third-order valence-corrected chi connectivity index (χ3v) is 17.6. The third kappa shape index (κ3) is 75.7. The van der Waals surface area contributed by atoms with Gasteiger partial charge in [-0.05, 0) is 89.9 Å². The summed E-state index contributed by atoms with van der Waals surface area (Å²) in [5.74, 6) is -1.99. The molecule has 1 N–H and O–H groups in total. The van der Waals surface area contributed by atoms with Crippen LogP contribution in [0.4, 0.5) is 0 Å². The normalized spacial score (nSPS) is 13.1. The van der Waals surface area contributed by atoms with Gasteiger partial charge in [0, 0.05) is 12.8 Å². The minimum absolute atomic E-state index is 0.183. The monoisotopic (exact) mass is 1300 g/mol. The molecule has 9 heteroatoms. The number of nitrogens with zero attached hydrogens (tertiary/aromatic N) is 1. The zero-order valence-corrected chi connectivity index (χ0v) is 61.9. The summed E-state index contributed by atoms with van der Waals surface area (Å²) in [6, 6.07) is 0. The molecule has 0 heterocycles. The Bertz CT molecular complexity index is 1810. The smallest absolute Gasteiger partial charge is 0.361 e. The molecule has 0 aromatic heterocycles. The minimum atomic E-state index is -1.52. The molecule has 0 saturated heterocycles. The van der Waals surface area contributed by atoms with E-state index in [1.54, 1.807) is 0 Å². The van der Waals surface area contributed by atoms with Crippen LogP contribution < -0.4 is 0 Å². The van der Waals surface area contributed by atoms with Crippen LogP contribution in [0.25, 0.3) is 0 Å². The highest BCUT2D eigenvalue weighted by atomic mass is 16.7. The molecule has 93 heavy (non-hydrogen) atoms. The van der Waals surface area contributed by atoms with Gasteiger partial charge in [-0.1, -0.05) is 356 Å². The molecular weight excluding hydrogens is 1150 g/mol. The number of carbonyl (C=O) groups excluding carboxylic acids is 2. The van der Waals surface area contributed by atoms with Crippen LogP contribution in [0.1, 0.15) is 373 Å². The maximum Gasteiger partial charge on any atom is 0.361 e. The zero-order valence-electron chi connectivity index (χ0n) is 61.9. The van der Waals surface area contributed by atoms with E-state index in [1.807, 2.05) is 21.1 Å². The number of hydrogen-bond acceptors (Lipinski definition) is 7. The first-order valence-corrected chi connectivity index (χ1v) is 39.8. The molecule has 0 amide bonds. The van der Waals surface area contributed by atoms with Crippen molar-refractivity contribution < 1.29 is 42.9 Å². The second-order valence-electron chi connectivity index (χ2n) is 28.0. The lowest BCUT2D eigenvalue weighted by Crippen LogP contribution is -2.40. The molecule has 0 aromatic rings. The summed E-state index contributed by atoms with van der Waals surface area (Å²) in [5, 5.41) is 9.77. The Kier molecular flexibility index (Phi) is 71.4. The summed E-state index contributed by atoms with van der Waals surface area (Å²) in [6.45, 7) is 4.80. The second kappa shape index (κ2) is 74.3. The average Bonchev–Trinajstić information content (AvgIpc) is 3.74. The predicted octanol–water partition coefficient (Wildman–Crippen LogP) is 25.4. The number of hydrogen-bond donors (Lipinski definition) is 1. The Morgan fingerprint density at radius 3 is 0.925 bits per heavy atom. The first kappa shape index (κ1) is 89.5. The van der Waals surface area contributed by atoms with Crippen molar-refractivity contribution in [3.63, 3.8) is 0 Å². The van der Waals surface area contributed by atoms with Crippen LogP contribution in [-0.2, 0) is 33.3 Å². The van der Waals surface area contributed by atoms with E-state index in [-0.39, 0.29) is 32.2 Å². The summed E-state index contributed by atoms with van der Waals surface area (Å²) in [4.78, 5) is 37.7. The zero-order chi connectivity index (χ0) is 67.5. The molecular formula is C84H152NO8+. The number of likely N-dealkylation sites (N-methyl/N-ethyl adjacent to an activating group) is 1. The van der Waals surface area contributed by atoms with Gasteiger partial charge in [-0.3, -0.25) is 9.59 Å². The van der Waals surface area contributed by atoms with Gasteiger partial charge in [-0.2, -0.15) is 0 Å². The Labute approximate surface area is 576 Å². The van der Waals surface area contributed by atoms with Crippen LogP contribution in [0, 0.1) is 0 Å². The van der Waals surface area contributed by atoms with Crippen LogP contribution in [-0.4, -0.2) is 87.4 Å². The van der Waals surface area contributed by atoms with Gasteiger partial charge in [0.15, 0.2) is 6.10 Å². The number of carboxylic acids is 1. The minimum Gasteiger partial charge on any atom is -0.477 e. The molecule has 2 atom stereocenters. The predicted molar refractivity (Wildman–Crippen MR) is 401 cm³/mol. The van der Waals surface area contributed by atoms with Gasteiger partial charge in [-0.15, -0.1) is 0 Å². The molecule has 0 aliphatic heterocycles. The van der Waals surface area contributed by atoms with Gasteiger partial charge >= 0.3 is 17.9 Å². The van der Waals surface area contributed by atoms with Gasteiger partial charge in [0.05, 0.1) is 34.4 Å². The van der Waals surface area contributed by atoms with Gasteiger partial charge in [0.1, 0.15) is 13.2 Å². The fourth-order valence-corrected chi connectivity index (χ4v) is 11.6. The van der Waals surface area contributed by atoms with E-state index in [4.69, 9.17) is 18.9 Å². The molecule has 0 fully saturated rings. The first-order chi connectivity index (χ1) is 45.6. The third-order valence-electron chi connectivity index (χ3n) is 17.6. The molecule has 0 saturated carbocycles. The van der Waals surface area contributed by atoms with E-state index in [2.05, 4.69) is 98.9 Å². The number of esters is 2. The summed E-state index contributed by atoms with van der Waals surface area (Å²) < 4.78 is 23.0. The fraction of sp³-hybridized carbons (Fsp3) is 0.798. The highest BCUT2D eigenvalue weighted by Gasteiger charge is 2.25. The lowest BCUT2D eigenvalue weighted by atomic mass is 10.0. The van der Waals surface area contributed by atoms with Crippen molar-refractivity contribution in [2.75, 3.05) is 47.5 Å². The van der Waals surface area contributed by atoms with E-state index in [9.17, 15) is 19.5 Å². The molecule has 0 radical (unpaired) electrons. The molecule has 9 nitrogen and oxygen atoms in total. The number of allylic oxidation sites excluding steroid dienone is 14. The largest absolute Gasteiger partial charge is 0.477 e. The van der Waals surface area contributed by atoms with Crippen molar-refractivity contribution in [3.8, 4) is 0 Å². The molecule has 0 aliphatic carbocycles. The maximum absolute atomic E-state index is 13.0. The van der Waals surface area contributed by atoms with E-state index in [1.165, 1.54) is 257 Å². The van der Waals surface area contributed by atoms with Gasteiger partial charge in [0.25, 0.3) is 6.29 Å². The molecule has 0 spiro atoms. The van der Waals surface area contributed by atoms with Crippen LogP contribution in [0.3, 0.4) is 0 Å². The Balaban J connectivity index is 3.99. The van der Waals surface area contributed by atoms with Crippen molar-refractivity contribution in [2.24, 2.45) is 0 Å². The van der Waals surface area contributed by atoms with Crippen molar-refractivity contribution in [1.82, 2.24) is 0 Å². The number of aliphatic carboxylic acids is 1. The quantitative estimate of drug-likeness (QED) is 0.0211. The standard InChI is InChI=1S/C84H151NO8/c1-6-8-10-12-14-16-18-20-22-24-26-28-30-32-34-36-37-38-39-40-41-42-43-44-45-47-48-50-52-54-56-58-60-62-64-66-68-70-72-74-81(86)91-78-80(79-92-84(83(88)89)90-77-76-85(3,4)5)93-82(87)75-73-71-69-67-65-63-61-59-57-55-53-51-49-46-35-33-31-29-27-25-23-21-19-17-15-13-11-9-7-2/h9,11,15,17,21,23-24,26-27,29,33,35,49,51,80,84H,6-8,10,12-14,16,18-20,22,25,28,30-32,34,36-48,50,52-79H2,1-5H3/p+1/b11-9-,17-15-,23-21-,26-24-,29-27-,35-33-,51-49-. The maximum atomic E-state index is 13.0.